The predicted octanol–water partition coefficient (Wildman–Crippen LogP) is 6.46. The minimum atomic E-state index is -2.09. The maximum atomic E-state index is 11.8. The van der Waals surface area contributed by atoms with Crippen molar-refractivity contribution >= 4 is 22.6 Å². The van der Waals surface area contributed by atoms with E-state index in [9.17, 15) is 9.90 Å². The zero-order valence-electron chi connectivity index (χ0n) is 18.3. The topological polar surface area (TPSA) is 55.8 Å². The summed E-state index contributed by atoms with van der Waals surface area (Å²) < 4.78 is 12.8. The third-order valence-corrected chi connectivity index (χ3v) is 14.6. The highest BCUT2D eigenvalue weighted by Crippen LogP contribution is 2.42. The van der Waals surface area contributed by atoms with Crippen LogP contribution in [0.4, 0.5) is 0 Å². The van der Waals surface area contributed by atoms with E-state index in [0.29, 0.717) is 17.1 Å². The minimum Gasteiger partial charge on any atom is -0.543 e. The molecule has 6 heteroatoms. The molecule has 0 aromatic heterocycles. The Labute approximate surface area is 161 Å². The number of rotatable bonds is 5. The van der Waals surface area contributed by atoms with Gasteiger partial charge >= 0.3 is 5.97 Å². The van der Waals surface area contributed by atoms with Crippen LogP contribution in [0.25, 0.3) is 0 Å². The van der Waals surface area contributed by atoms with Gasteiger partial charge in [-0.05, 0) is 49.3 Å². The van der Waals surface area contributed by atoms with Crippen LogP contribution in [0.1, 0.15) is 57.5 Å². The monoisotopic (exact) mass is 396 g/mol. The van der Waals surface area contributed by atoms with Crippen LogP contribution in [0, 0.1) is 6.92 Å². The summed E-state index contributed by atoms with van der Waals surface area (Å²) in [6.07, 6.45) is 0. The molecular formula is C20H36O4Si2. The van der Waals surface area contributed by atoms with E-state index in [1.54, 1.807) is 6.07 Å². The number of aromatic carboxylic acids is 1. The van der Waals surface area contributed by atoms with Crippen LogP contribution in [0.15, 0.2) is 12.1 Å². The molecule has 0 aliphatic heterocycles. The first-order valence-corrected chi connectivity index (χ1v) is 15.0. The standard InChI is InChI=1S/C20H36O4Si2/c1-14-16(18(21)22)12-15(23-25(8,9)19(2,3)4)13-17(14)24-26(10,11)20(5,6)7/h12-13H,1-11H3,(H,21,22). The molecule has 26 heavy (non-hydrogen) atoms. The highest BCUT2D eigenvalue weighted by Gasteiger charge is 2.41. The van der Waals surface area contributed by atoms with Crippen molar-refractivity contribution in [1.29, 1.82) is 0 Å². The molecule has 0 unspecified atom stereocenters. The van der Waals surface area contributed by atoms with Gasteiger partial charge in [0.25, 0.3) is 0 Å². The van der Waals surface area contributed by atoms with Crippen LogP contribution in [0.5, 0.6) is 11.5 Å². The Morgan fingerprint density at radius 2 is 1.31 bits per heavy atom. The summed E-state index contributed by atoms with van der Waals surface area (Å²) >= 11 is 0. The van der Waals surface area contributed by atoms with E-state index in [2.05, 4.69) is 67.7 Å². The fourth-order valence-corrected chi connectivity index (χ4v) is 4.01. The van der Waals surface area contributed by atoms with Crippen molar-refractivity contribution in [3.05, 3.63) is 23.3 Å². The molecule has 0 heterocycles. The number of carboxylic acid groups (broad SMARTS) is 1. The quantitative estimate of drug-likeness (QED) is 0.580. The molecule has 148 valence electrons. The smallest absolute Gasteiger partial charge is 0.336 e. The van der Waals surface area contributed by atoms with Crippen LogP contribution >= 0.6 is 0 Å². The van der Waals surface area contributed by atoms with E-state index >= 15 is 0 Å². The van der Waals surface area contributed by atoms with Gasteiger partial charge in [0.1, 0.15) is 11.5 Å². The van der Waals surface area contributed by atoms with E-state index in [0.717, 1.165) is 0 Å². The second-order valence-electron chi connectivity index (χ2n) is 10.1. The fraction of sp³-hybridized carbons (Fsp3) is 0.650. The van der Waals surface area contributed by atoms with Gasteiger partial charge in [-0.1, -0.05) is 41.5 Å². The highest BCUT2D eigenvalue weighted by atomic mass is 28.4. The lowest BCUT2D eigenvalue weighted by atomic mass is 10.1. The van der Waals surface area contributed by atoms with Gasteiger partial charge in [0.05, 0.1) is 5.56 Å². The average molecular weight is 397 g/mol. The average Bonchev–Trinajstić information content (AvgIpc) is 2.38. The third kappa shape index (κ3) is 4.91. The molecule has 0 aliphatic rings. The van der Waals surface area contributed by atoms with Crippen LogP contribution in [-0.4, -0.2) is 27.7 Å². The van der Waals surface area contributed by atoms with Crippen molar-refractivity contribution in [1.82, 2.24) is 0 Å². The summed E-state index contributed by atoms with van der Waals surface area (Å²) in [5, 5.41) is 9.70. The Morgan fingerprint density at radius 1 is 0.885 bits per heavy atom. The lowest BCUT2D eigenvalue weighted by Gasteiger charge is -2.38. The lowest BCUT2D eigenvalue weighted by molar-refractivity contribution is 0.0695. The molecule has 1 aromatic carbocycles. The molecule has 1 rings (SSSR count). The molecule has 0 bridgehead atoms. The molecule has 1 aromatic rings. The van der Waals surface area contributed by atoms with Gasteiger partial charge in [-0.3, -0.25) is 0 Å². The van der Waals surface area contributed by atoms with Crippen molar-refractivity contribution in [2.45, 2.75) is 84.7 Å². The van der Waals surface area contributed by atoms with Gasteiger partial charge in [-0.15, -0.1) is 0 Å². The predicted molar refractivity (Wildman–Crippen MR) is 114 cm³/mol. The molecule has 0 saturated carbocycles. The van der Waals surface area contributed by atoms with Gasteiger partial charge in [-0.25, -0.2) is 4.79 Å². The van der Waals surface area contributed by atoms with Gasteiger partial charge < -0.3 is 14.0 Å². The number of carbonyl (C=O) groups is 1. The summed E-state index contributed by atoms with van der Waals surface area (Å²) in [7, 11) is -4.17. The lowest BCUT2D eigenvalue weighted by Crippen LogP contribution is -2.44. The zero-order chi connectivity index (χ0) is 20.7. The molecule has 0 saturated heterocycles. The van der Waals surface area contributed by atoms with Crippen molar-refractivity contribution < 1.29 is 18.8 Å². The van der Waals surface area contributed by atoms with E-state index in [-0.39, 0.29) is 15.6 Å². The fourth-order valence-electron chi connectivity index (χ4n) is 1.93. The molecular weight excluding hydrogens is 360 g/mol. The highest BCUT2D eigenvalue weighted by molar-refractivity contribution is 6.75. The largest absolute Gasteiger partial charge is 0.543 e. The molecule has 0 fully saturated rings. The van der Waals surface area contributed by atoms with Gasteiger partial charge in [-0.2, -0.15) is 0 Å². The molecule has 0 atom stereocenters. The molecule has 0 radical (unpaired) electrons. The van der Waals surface area contributed by atoms with Gasteiger partial charge in [0.15, 0.2) is 0 Å². The summed E-state index contributed by atoms with van der Waals surface area (Å²) in [5.41, 5.74) is 0.903. The summed E-state index contributed by atoms with van der Waals surface area (Å²) in [6.45, 7) is 23.4. The summed E-state index contributed by atoms with van der Waals surface area (Å²) in [6, 6.07) is 3.51. The van der Waals surface area contributed by atoms with E-state index in [4.69, 9.17) is 8.85 Å². The first-order valence-electron chi connectivity index (χ1n) is 9.15. The van der Waals surface area contributed by atoms with Crippen molar-refractivity contribution in [3.8, 4) is 11.5 Å². The maximum absolute atomic E-state index is 11.8. The van der Waals surface area contributed by atoms with Crippen molar-refractivity contribution in [2.75, 3.05) is 0 Å². The van der Waals surface area contributed by atoms with Crippen LogP contribution < -0.4 is 8.85 Å². The van der Waals surface area contributed by atoms with Crippen molar-refractivity contribution in [2.24, 2.45) is 0 Å². The molecule has 4 nitrogen and oxygen atoms in total. The van der Waals surface area contributed by atoms with Crippen molar-refractivity contribution in [3.63, 3.8) is 0 Å². The Hall–Kier alpha value is -1.28. The third-order valence-electron chi connectivity index (χ3n) is 5.91. The first kappa shape index (κ1) is 22.8. The zero-order valence-corrected chi connectivity index (χ0v) is 20.3. The normalized spacial score (nSPS) is 13.5. The second kappa shape index (κ2) is 7.04. The van der Waals surface area contributed by atoms with Gasteiger partial charge in [0.2, 0.25) is 16.6 Å². The molecule has 1 N–H and O–H groups in total. The van der Waals surface area contributed by atoms with Crippen LogP contribution in [0.3, 0.4) is 0 Å². The van der Waals surface area contributed by atoms with E-state index < -0.39 is 22.6 Å². The summed E-state index contributed by atoms with van der Waals surface area (Å²) in [5.74, 6) is 0.266. The Balaban J connectivity index is 3.45. The molecule has 0 amide bonds. The number of hydrogen-bond donors (Lipinski definition) is 1. The minimum absolute atomic E-state index is 0.0269. The number of carboxylic acids is 1. The second-order valence-corrected chi connectivity index (χ2v) is 19.6. The number of hydrogen-bond acceptors (Lipinski definition) is 3. The van der Waals surface area contributed by atoms with Gasteiger partial charge in [0, 0.05) is 11.6 Å². The Morgan fingerprint density at radius 3 is 1.69 bits per heavy atom. The maximum Gasteiger partial charge on any atom is 0.336 e. The van der Waals surface area contributed by atoms with Crippen LogP contribution in [0.2, 0.25) is 36.3 Å². The van der Waals surface area contributed by atoms with Crippen LogP contribution in [-0.2, 0) is 0 Å². The summed E-state index contributed by atoms with van der Waals surface area (Å²) in [4.78, 5) is 11.8. The van der Waals surface area contributed by atoms with E-state index in [1.807, 2.05) is 13.0 Å². The van der Waals surface area contributed by atoms with E-state index in [1.165, 1.54) is 0 Å². The molecule has 0 spiro atoms. The Kier molecular flexibility index (Phi) is 6.16. The SMILES string of the molecule is Cc1c(O[Si](C)(C)C(C)(C)C)cc(O[Si](C)(C)C(C)(C)C)cc1C(=O)O. The first-order chi connectivity index (χ1) is 11.4. The molecule has 0 aliphatic carbocycles. The number of benzene rings is 1. The Bertz CT molecular complexity index is 680.